The van der Waals surface area contributed by atoms with Crippen LogP contribution in [0, 0.1) is 5.82 Å². The summed E-state index contributed by atoms with van der Waals surface area (Å²) in [6.45, 7) is 1.59. The Balaban J connectivity index is 1.78. The van der Waals surface area contributed by atoms with E-state index in [1.165, 1.54) is 23.6 Å². The Labute approximate surface area is 132 Å². The number of hydrogen-bond donors (Lipinski definition) is 1. The molecular weight excluding hydrogens is 303 g/mol. The summed E-state index contributed by atoms with van der Waals surface area (Å²) in [6.07, 6.45) is 6.02. The van der Waals surface area contributed by atoms with Crippen molar-refractivity contribution in [2.45, 2.75) is 31.8 Å². The first-order valence-electron chi connectivity index (χ1n) is 7.23. The van der Waals surface area contributed by atoms with Gasteiger partial charge in [0.2, 0.25) is 0 Å². The van der Waals surface area contributed by atoms with E-state index in [-0.39, 0.29) is 11.9 Å². The van der Waals surface area contributed by atoms with E-state index in [0.29, 0.717) is 11.4 Å². The van der Waals surface area contributed by atoms with Crippen LogP contribution in [0.25, 0.3) is 0 Å². The van der Waals surface area contributed by atoms with Crippen LogP contribution in [0.5, 0.6) is 0 Å². The molecule has 7 heteroatoms. The number of likely N-dealkylation sites (tertiary alicyclic amines) is 1. The maximum Gasteiger partial charge on any atom is 0.260 e. The Kier molecular flexibility index (Phi) is 4.44. The van der Waals surface area contributed by atoms with E-state index in [1.807, 2.05) is 0 Å². The van der Waals surface area contributed by atoms with Crippen LogP contribution in [-0.4, -0.2) is 27.3 Å². The first kappa shape index (κ1) is 15.1. The van der Waals surface area contributed by atoms with Crippen LogP contribution in [0.4, 0.5) is 4.39 Å². The lowest BCUT2D eigenvalue weighted by molar-refractivity contribution is 0.100. The number of carbonyl (C=O) groups is 1. The molecule has 1 aliphatic rings. The van der Waals surface area contributed by atoms with Gasteiger partial charge in [-0.3, -0.25) is 14.7 Å². The molecule has 0 bridgehead atoms. The van der Waals surface area contributed by atoms with Gasteiger partial charge in [-0.1, -0.05) is 6.42 Å². The fourth-order valence-corrected chi connectivity index (χ4v) is 3.66. The van der Waals surface area contributed by atoms with Crippen LogP contribution >= 0.6 is 11.3 Å². The molecule has 0 aliphatic carbocycles. The molecule has 2 N–H and O–H groups in total. The maximum absolute atomic E-state index is 13.0. The summed E-state index contributed by atoms with van der Waals surface area (Å²) in [6, 6.07) is 3.30. The lowest BCUT2D eigenvalue weighted by atomic mass is 10.0. The number of piperidine rings is 1. The predicted octanol–water partition coefficient (Wildman–Crippen LogP) is 2.50. The van der Waals surface area contributed by atoms with Crippen molar-refractivity contribution in [1.29, 1.82) is 0 Å². The number of nitrogens with two attached hydrogens (primary N) is 1. The highest BCUT2D eigenvalue weighted by Crippen LogP contribution is 2.34. The Morgan fingerprint density at radius 2 is 2.23 bits per heavy atom. The van der Waals surface area contributed by atoms with Crippen LogP contribution in [-0.2, 0) is 6.54 Å². The third kappa shape index (κ3) is 3.31. The zero-order valence-corrected chi connectivity index (χ0v) is 12.9. The Bertz CT molecular complexity index is 658. The van der Waals surface area contributed by atoms with Crippen LogP contribution in [0.2, 0.25) is 0 Å². The topological polar surface area (TPSA) is 72.1 Å². The fraction of sp³-hybridized carbons (Fsp3) is 0.400. The SMILES string of the molecule is NC(=O)c1cnc(C2CCCCN2Cc2ccc(F)cn2)s1. The zero-order valence-electron chi connectivity index (χ0n) is 12.0. The van der Waals surface area contributed by atoms with Crippen LogP contribution in [0.15, 0.2) is 24.5 Å². The summed E-state index contributed by atoms with van der Waals surface area (Å²) in [5.41, 5.74) is 6.13. The summed E-state index contributed by atoms with van der Waals surface area (Å²) in [5, 5.41) is 0.913. The molecule has 0 aromatic carbocycles. The number of hydrogen-bond acceptors (Lipinski definition) is 5. The maximum atomic E-state index is 13.0. The molecule has 1 amide bonds. The minimum atomic E-state index is -0.439. The average Bonchev–Trinajstić information content (AvgIpc) is 3.00. The van der Waals surface area contributed by atoms with Gasteiger partial charge in [-0.2, -0.15) is 0 Å². The van der Waals surface area contributed by atoms with Gasteiger partial charge in [0, 0.05) is 6.54 Å². The summed E-state index contributed by atoms with van der Waals surface area (Å²) in [5.74, 6) is -0.767. The molecule has 116 valence electrons. The van der Waals surface area contributed by atoms with Crippen molar-refractivity contribution in [3.63, 3.8) is 0 Å². The standard InChI is InChI=1S/C15H17FN4OS/c16-10-4-5-11(18-7-10)9-20-6-2-1-3-12(20)15-19-8-13(22-15)14(17)21/h4-5,7-8,12H,1-3,6,9H2,(H2,17,21). The van der Waals surface area contributed by atoms with Crippen LogP contribution in [0.3, 0.4) is 0 Å². The third-order valence-electron chi connectivity index (χ3n) is 3.82. The quantitative estimate of drug-likeness (QED) is 0.939. The average molecular weight is 320 g/mol. The molecule has 0 radical (unpaired) electrons. The van der Waals surface area contributed by atoms with Gasteiger partial charge in [0.15, 0.2) is 0 Å². The lowest BCUT2D eigenvalue weighted by Crippen LogP contribution is -2.33. The summed E-state index contributed by atoms with van der Waals surface area (Å²) in [4.78, 5) is 22.5. The summed E-state index contributed by atoms with van der Waals surface area (Å²) >= 11 is 1.36. The van der Waals surface area contributed by atoms with Gasteiger partial charge in [-0.05, 0) is 31.5 Å². The van der Waals surface area contributed by atoms with Crippen molar-refractivity contribution >= 4 is 17.2 Å². The summed E-state index contributed by atoms with van der Waals surface area (Å²) in [7, 11) is 0. The second kappa shape index (κ2) is 6.50. The minimum Gasteiger partial charge on any atom is -0.365 e. The first-order chi connectivity index (χ1) is 10.6. The molecule has 1 aliphatic heterocycles. The fourth-order valence-electron chi connectivity index (χ4n) is 2.72. The second-order valence-corrected chi connectivity index (χ2v) is 6.44. The Morgan fingerprint density at radius 3 is 2.91 bits per heavy atom. The van der Waals surface area contributed by atoms with Crippen molar-refractivity contribution in [2.75, 3.05) is 6.54 Å². The van der Waals surface area contributed by atoms with E-state index in [0.717, 1.165) is 36.5 Å². The van der Waals surface area contributed by atoms with Gasteiger partial charge >= 0.3 is 0 Å². The van der Waals surface area contributed by atoms with E-state index in [1.54, 1.807) is 12.3 Å². The van der Waals surface area contributed by atoms with E-state index in [4.69, 9.17) is 5.73 Å². The highest BCUT2D eigenvalue weighted by atomic mass is 32.1. The van der Waals surface area contributed by atoms with Crippen LogP contribution < -0.4 is 5.73 Å². The molecule has 5 nitrogen and oxygen atoms in total. The molecule has 1 fully saturated rings. The van der Waals surface area contributed by atoms with Gasteiger partial charge in [-0.25, -0.2) is 9.37 Å². The number of rotatable bonds is 4. The highest BCUT2D eigenvalue weighted by molar-refractivity contribution is 7.13. The van der Waals surface area contributed by atoms with E-state index in [2.05, 4.69) is 14.9 Å². The summed E-state index contributed by atoms with van der Waals surface area (Å²) < 4.78 is 13.0. The molecule has 1 atom stereocenters. The molecule has 2 aromatic heterocycles. The number of halogens is 1. The number of primary amides is 1. The van der Waals surface area contributed by atoms with Crippen molar-refractivity contribution in [3.8, 4) is 0 Å². The molecule has 0 saturated carbocycles. The monoisotopic (exact) mass is 320 g/mol. The molecule has 1 unspecified atom stereocenters. The molecule has 2 aromatic rings. The van der Waals surface area contributed by atoms with Gasteiger partial charge in [0.1, 0.15) is 15.7 Å². The molecular formula is C15H17FN4OS. The molecule has 1 saturated heterocycles. The number of nitrogens with zero attached hydrogens (tertiary/aromatic N) is 3. The second-order valence-electron chi connectivity index (χ2n) is 5.38. The van der Waals surface area contributed by atoms with Crippen LogP contribution in [0.1, 0.15) is 45.7 Å². The molecule has 3 rings (SSSR count). The van der Waals surface area contributed by atoms with Gasteiger partial charge in [0.25, 0.3) is 5.91 Å². The van der Waals surface area contributed by atoms with Gasteiger partial charge in [-0.15, -0.1) is 11.3 Å². The van der Waals surface area contributed by atoms with Crippen molar-refractivity contribution < 1.29 is 9.18 Å². The number of aromatic nitrogens is 2. The predicted molar refractivity (Wildman–Crippen MR) is 81.8 cm³/mol. The Hall–Kier alpha value is -1.86. The zero-order chi connectivity index (χ0) is 15.5. The largest absolute Gasteiger partial charge is 0.365 e. The molecule has 3 heterocycles. The number of amides is 1. The molecule has 22 heavy (non-hydrogen) atoms. The van der Waals surface area contributed by atoms with Crippen molar-refractivity contribution in [2.24, 2.45) is 5.73 Å². The first-order valence-corrected chi connectivity index (χ1v) is 8.05. The van der Waals surface area contributed by atoms with Crippen molar-refractivity contribution in [3.05, 3.63) is 45.9 Å². The van der Waals surface area contributed by atoms with Crippen molar-refractivity contribution in [1.82, 2.24) is 14.9 Å². The lowest BCUT2D eigenvalue weighted by Gasteiger charge is -2.34. The number of pyridine rings is 1. The van der Waals surface area contributed by atoms with E-state index >= 15 is 0 Å². The van der Waals surface area contributed by atoms with Gasteiger partial charge < -0.3 is 5.73 Å². The van der Waals surface area contributed by atoms with E-state index in [9.17, 15) is 9.18 Å². The number of carbonyl (C=O) groups excluding carboxylic acids is 1. The Morgan fingerprint density at radius 1 is 1.36 bits per heavy atom. The third-order valence-corrected chi connectivity index (χ3v) is 4.93. The van der Waals surface area contributed by atoms with Gasteiger partial charge in [0.05, 0.1) is 24.1 Å². The van der Waals surface area contributed by atoms with E-state index < -0.39 is 5.91 Å². The molecule has 0 spiro atoms. The normalized spacial score (nSPS) is 19.2. The highest BCUT2D eigenvalue weighted by Gasteiger charge is 2.27. The number of thiazole rings is 1. The smallest absolute Gasteiger partial charge is 0.260 e. The minimum absolute atomic E-state index is 0.165.